The molecule has 0 N–H and O–H groups in total. The molecule has 0 spiro atoms. The monoisotopic (exact) mass is 464 g/mol. The molecule has 2 aromatic rings. The van der Waals surface area contributed by atoms with Crippen LogP contribution >= 0.6 is 0 Å². The molecule has 0 aliphatic rings. The molecular formula is C30H44N2O2. The van der Waals surface area contributed by atoms with Gasteiger partial charge < -0.3 is 9.47 Å². The van der Waals surface area contributed by atoms with Gasteiger partial charge in [-0.3, -0.25) is 0 Å². The second-order valence-electron chi connectivity index (χ2n) is 8.86. The van der Waals surface area contributed by atoms with Crippen molar-refractivity contribution in [3.8, 4) is 11.5 Å². The van der Waals surface area contributed by atoms with Gasteiger partial charge in [-0.1, -0.05) is 78.1 Å². The van der Waals surface area contributed by atoms with Crippen LogP contribution in [0.15, 0.2) is 58.7 Å². The quantitative estimate of drug-likeness (QED) is 0.119. The van der Waals surface area contributed by atoms with Gasteiger partial charge in [0.2, 0.25) is 0 Å². The number of rotatable bonds is 19. The van der Waals surface area contributed by atoms with Crippen molar-refractivity contribution >= 4 is 12.4 Å². The van der Waals surface area contributed by atoms with Crippen LogP contribution in [-0.2, 0) is 0 Å². The molecule has 0 aliphatic heterocycles. The zero-order chi connectivity index (χ0) is 24.1. The number of ether oxygens (including phenoxy) is 2. The van der Waals surface area contributed by atoms with Crippen molar-refractivity contribution in [1.29, 1.82) is 0 Å². The van der Waals surface area contributed by atoms with Gasteiger partial charge in [0.25, 0.3) is 0 Å². The lowest BCUT2D eigenvalue weighted by molar-refractivity contribution is 0.304. The summed E-state index contributed by atoms with van der Waals surface area (Å²) in [6, 6.07) is 16.0. The Morgan fingerprint density at radius 2 is 0.853 bits per heavy atom. The first-order valence-corrected chi connectivity index (χ1v) is 13.3. The molecule has 0 fully saturated rings. The fourth-order valence-corrected chi connectivity index (χ4v) is 3.65. The second-order valence-corrected chi connectivity index (χ2v) is 8.86. The lowest BCUT2D eigenvalue weighted by Crippen LogP contribution is -1.97. The molecule has 4 heteroatoms. The van der Waals surface area contributed by atoms with Crippen LogP contribution in [0.1, 0.15) is 102 Å². The van der Waals surface area contributed by atoms with E-state index < -0.39 is 0 Å². The van der Waals surface area contributed by atoms with Crippen LogP contribution in [0, 0.1) is 0 Å². The molecule has 0 atom stereocenters. The Kier molecular flexibility index (Phi) is 15.2. The van der Waals surface area contributed by atoms with E-state index in [0.29, 0.717) is 0 Å². The molecule has 34 heavy (non-hydrogen) atoms. The van der Waals surface area contributed by atoms with Crippen LogP contribution in [0.5, 0.6) is 11.5 Å². The van der Waals surface area contributed by atoms with Crippen molar-refractivity contribution in [3.63, 3.8) is 0 Å². The molecule has 0 unspecified atom stereocenters. The zero-order valence-corrected chi connectivity index (χ0v) is 21.4. The predicted octanol–water partition coefficient (Wildman–Crippen LogP) is 8.62. The summed E-state index contributed by atoms with van der Waals surface area (Å²) in [5, 5.41) is 8.33. The van der Waals surface area contributed by atoms with Crippen molar-refractivity contribution in [2.45, 2.75) is 90.9 Å². The van der Waals surface area contributed by atoms with Crippen LogP contribution in [0.2, 0.25) is 0 Å². The molecular weight excluding hydrogens is 420 g/mol. The molecule has 0 radical (unpaired) electrons. The highest BCUT2D eigenvalue weighted by molar-refractivity contribution is 5.82. The summed E-state index contributed by atoms with van der Waals surface area (Å²) in [6.45, 7) is 6.06. The van der Waals surface area contributed by atoms with E-state index in [9.17, 15) is 0 Å². The third kappa shape index (κ3) is 13.2. The Morgan fingerprint density at radius 3 is 1.24 bits per heavy atom. The van der Waals surface area contributed by atoms with E-state index in [4.69, 9.17) is 9.47 Å². The number of benzene rings is 2. The molecule has 2 rings (SSSR count). The smallest absolute Gasteiger partial charge is 0.119 e. The van der Waals surface area contributed by atoms with E-state index in [1.54, 1.807) is 12.4 Å². The van der Waals surface area contributed by atoms with Gasteiger partial charge in [-0.2, -0.15) is 10.2 Å². The third-order valence-corrected chi connectivity index (χ3v) is 5.77. The molecule has 0 bridgehead atoms. The average molecular weight is 465 g/mol. The van der Waals surface area contributed by atoms with Crippen LogP contribution in [0.4, 0.5) is 0 Å². The van der Waals surface area contributed by atoms with Crippen molar-refractivity contribution in [2.75, 3.05) is 13.2 Å². The highest BCUT2D eigenvalue weighted by Crippen LogP contribution is 2.14. The van der Waals surface area contributed by atoms with E-state index in [1.165, 1.54) is 64.2 Å². The third-order valence-electron chi connectivity index (χ3n) is 5.77. The summed E-state index contributed by atoms with van der Waals surface area (Å²) in [7, 11) is 0. The van der Waals surface area contributed by atoms with Crippen LogP contribution in [-0.4, -0.2) is 25.6 Å². The summed E-state index contributed by atoms with van der Waals surface area (Å²) >= 11 is 0. The molecule has 2 aromatic carbocycles. The minimum atomic E-state index is 0.784. The van der Waals surface area contributed by atoms with Crippen molar-refractivity contribution in [1.82, 2.24) is 0 Å². The second kappa shape index (κ2) is 18.8. The highest BCUT2D eigenvalue weighted by atomic mass is 16.5. The maximum absolute atomic E-state index is 5.83. The van der Waals surface area contributed by atoms with E-state index in [0.717, 1.165) is 48.7 Å². The fraction of sp³-hybridized carbons (Fsp3) is 0.533. The maximum Gasteiger partial charge on any atom is 0.119 e. The van der Waals surface area contributed by atoms with Gasteiger partial charge in [0, 0.05) is 0 Å². The van der Waals surface area contributed by atoms with Gasteiger partial charge in [0.05, 0.1) is 25.6 Å². The predicted molar refractivity (Wildman–Crippen MR) is 146 cm³/mol. The largest absolute Gasteiger partial charge is 0.494 e. The van der Waals surface area contributed by atoms with Crippen LogP contribution in [0.25, 0.3) is 0 Å². The topological polar surface area (TPSA) is 43.2 Å². The normalized spacial score (nSPS) is 11.5. The number of nitrogens with zero attached hydrogens (tertiary/aromatic N) is 2. The maximum atomic E-state index is 5.83. The first-order chi connectivity index (χ1) is 16.8. The zero-order valence-electron chi connectivity index (χ0n) is 21.4. The molecule has 0 saturated heterocycles. The Labute approximate surface area is 207 Å². The molecule has 0 heterocycles. The Hall–Kier alpha value is -2.62. The van der Waals surface area contributed by atoms with E-state index in [1.807, 2.05) is 48.5 Å². The summed E-state index contributed by atoms with van der Waals surface area (Å²) in [5.41, 5.74) is 2.00. The Bertz CT molecular complexity index is 728. The van der Waals surface area contributed by atoms with Crippen LogP contribution in [0.3, 0.4) is 0 Å². The van der Waals surface area contributed by atoms with Gasteiger partial charge in [0.15, 0.2) is 0 Å². The minimum absolute atomic E-state index is 0.784. The standard InChI is InChI=1S/C30H44N2O2/c1-3-5-7-9-11-13-23-33-29-19-15-27(16-20-29)25-31-32-26-28-17-21-30(22-18-28)34-24-14-12-10-8-6-4-2/h15-22,25-26H,3-14,23-24H2,1-2H3/b31-25+,32-26+. The molecule has 0 amide bonds. The van der Waals surface area contributed by atoms with Crippen molar-refractivity contribution < 1.29 is 9.47 Å². The van der Waals surface area contributed by atoms with Gasteiger partial charge in [-0.25, -0.2) is 0 Å². The molecule has 0 saturated carbocycles. The summed E-state index contributed by atoms with van der Waals surface area (Å²) in [6.07, 6.45) is 18.8. The van der Waals surface area contributed by atoms with Gasteiger partial charge in [-0.05, 0) is 72.5 Å². The van der Waals surface area contributed by atoms with E-state index in [2.05, 4.69) is 24.1 Å². The molecule has 4 nitrogen and oxygen atoms in total. The Balaban J connectivity index is 1.62. The van der Waals surface area contributed by atoms with Gasteiger partial charge in [0.1, 0.15) is 11.5 Å². The van der Waals surface area contributed by atoms with E-state index >= 15 is 0 Å². The molecule has 0 aliphatic carbocycles. The molecule has 186 valence electrons. The van der Waals surface area contributed by atoms with Gasteiger partial charge >= 0.3 is 0 Å². The lowest BCUT2D eigenvalue weighted by Gasteiger charge is -2.06. The lowest BCUT2D eigenvalue weighted by atomic mass is 10.1. The summed E-state index contributed by atoms with van der Waals surface area (Å²) < 4.78 is 11.7. The minimum Gasteiger partial charge on any atom is -0.494 e. The first kappa shape index (κ1) is 27.6. The van der Waals surface area contributed by atoms with Gasteiger partial charge in [-0.15, -0.1) is 0 Å². The first-order valence-electron chi connectivity index (χ1n) is 13.3. The number of unbranched alkanes of at least 4 members (excludes halogenated alkanes) is 10. The van der Waals surface area contributed by atoms with Crippen molar-refractivity contribution in [3.05, 3.63) is 59.7 Å². The summed E-state index contributed by atoms with van der Waals surface area (Å²) in [4.78, 5) is 0. The SMILES string of the molecule is CCCCCCCCOc1ccc(/C=N/N=C/c2ccc(OCCCCCCCC)cc2)cc1. The fourth-order valence-electron chi connectivity index (χ4n) is 3.65. The highest BCUT2D eigenvalue weighted by Gasteiger charge is 1.97. The average Bonchev–Trinajstić information content (AvgIpc) is 2.87. The number of hydrogen-bond donors (Lipinski definition) is 0. The van der Waals surface area contributed by atoms with E-state index in [-0.39, 0.29) is 0 Å². The summed E-state index contributed by atoms with van der Waals surface area (Å²) in [5.74, 6) is 1.82. The Morgan fingerprint density at radius 1 is 0.500 bits per heavy atom. The molecule has 0 aromatic heterocycles. The van der Waals surface area contributed by atoms with Crippen molar-refractivity contribution in [2.24, 2.45) is 10.2 Å². The van der Waals surface area contributed by atoms with Crippen LogP contribution < -0.4 is 9.47 Å². The number of hydrogen-bond acceptors (Lipinski definition) is 4.